The summed E-state index contributed by atoms with van der Waals surface area (Å²) in [6.07, 6.45) is 5.46. The third-order valence-electron chi connectivity index (χ3n) is 2.69. The van der Waals surface area contributed by atoms with E-state index in [4.69, 9.17) is 9.47 Å². The first kappa shape index (κ1) is 11.0. The molecule has 2 atom stereocenters. The van der Waals surface area contributed by atoms with Crippen molar-refractivity contribution in [1.29, 1.82) is 0 Å². The smallest absolute Gasteiger partial charge is 0.0729 e. The largest absolute Gasteiger partial charge is 0.382 e. The standard InChI is InChI=1S/C10H21NO2/c1-11-9-5-3-4-6-10(9)13-8-7-12-2/h9-11H,3-8H2,1-2H3. The van der Waals surface area contributed by atoms with E-state index >= 15 is 0 Å². The predicted molar refractivity (Wildman–Crippen MR) is 52.9 cm³/mol. The topological polar surface area (TPSA) is 30.5 Å². The van der Waals surface area contributed by atoms with Gasteiger partial charge in [-0.15, -0.1) is 0 Å². The Balaban J connectivity index is 2.19. The Hall–Kier alpha value is -0.120. The second-order valence-corrected chi connectivity index (χ2v) is 3.58. The Labute approximate surface area is 80.8 Å². The molecule has 1 aliphatic rings. The molecule has 0 radical (unpaired) electrons. The molecule has 78 valence electrons. The predicted octanol–water partition coefficient (Wildman–Crippen LogP) is 1.18. The molecule has 1 aliphatic carbocycles. The summed E-state index contributed by atoms with van der Waals surface area (Å²) >= 11 is 0. The van der Waals surface area contributed by atoms with Crippen LogP contribution in [0.25, 0.3) is 0 Å². The summed E-state index contributed by atoms with van der Waals surface area (Å²) in [5.74, 6) is 0. The van der Waals surface area contributed by atoms with Crippen molar-refractivity contribution in [2.75, 3.05) is 27.4 Å². The van der Waals surface area contributed by atoms with Gasteiger partial charge in [0.25, 0.3) is 0 Å². The first-order chi connectivity index (χ1) is 6.38. The summed E-state index contributed by atoms with van der Waals surface area (Å²) in [6.45, 7) is 1.42. The highest BCUT2D eigenvalue weighted by molar-refractivity contribution is 4.80. The van der Waals surface area contributed by atoms with Crippen molar-refractivity contribution in [2.24, 2.45) is 0 Å². The van der Waals surface area contributed by atoms with Crippen LogP contribution in [0.15, 0.2) is 0 Å². The Morgan fingerprint density at radius 2 is 2.00 bits per heavy atom. The molecule has 2 unspecified atom stereocenters. The minimum Gasteiger partial charge on any atom is -0.382 e. The van der Waals surface area contributed by atoms with E-state index in [-0.39, 0.29) is 0 Å². The Morgan fingerprint density at radius 3 is 2.69 bits per heavy atom. The van der Waals surface area contributed by atoms with Gasteiger partial charge in [-0.05, 0) is 19.9 Å². The average Bonchev–Trinajstić information content (AvgIpc) is 2.19. The summed E-state index contributed by atoms with van der Waals surface area (Å²) in [6, 6.07) is 0.547. The molecule has 1 fully saturated rings. The van der Waals surface area contributed by atoms with Crippen LogP contribution in [-0.2, 0) is 9.47 Å². The first-order valence-corrected chi connectivity index (χ1v) is 5.16. The highest BCUT2D eigenvalue weighted by Crippen LogP contribution is 2.20. The second-order valence-electron chi connectivity index (χ2n) is 3.58. The van der Waals surface area contributed by atoms with Crippen LogP contribution in [0.4, 0.5) is 0 Å². The van der Waals surface area contributed by atoms with Gasteiger partial charge < -0.3 is 14.8 Å². The van der Waals surface area contributed by atoms with Crippen LogP contribution in [0.3, 0.4) is 0 Å². The molecule has 3 heteroatoms. The molecule has 0 amide bonds. The van der Waals surface area contributed by atoms with Gasteiger partial charge in [0.15, 0.2) is 0 Å². The fourth-order valence-electron chi connectivity index (χ4n) is 1.91. The van der Waals surface area contributed by atoms with Crippen LogP contribution in [0.1, 0.15) is 25.7 Å². The van der Waals surface area contributed by atoms with Gasteiger partial charge in [0.1, 0.15) is 0 Å². The number of hydrogen-bond acceptors (Lipinski definition) is 3. The summed E-state index contributed by atoms with van der Waals surface area (Å²) in [4.78, 5) is 0. The van der Waals surface area contributed by atoms with Crippen molar-refractivity contribution in [3.8, 4) is 0 Å². The van der Waals surface area contributed by atoms with Crippen LogP contribution >= 0.6 is 0 Å². The van der Waals surface area contributed by atoms with E-state index in [2.05, 4.69) is 5.32 Å². The lowest BCUT2D eigenvalue weighted by molar-refractivity contribution is -0.0163. The fraction of sp³-hybridized carbons (Fsp3) is 1.00. The van der Waals surface area contributed by atoms with Gasteiger partial charge >= 0.3 is 0 Å². The number of likely N-dealkylation sites (N-methyl/N-ethyl adjacent to an activating group) is 1. The lowest BCUT2D eigenvalue weighted by Crippen LogP contribution is -2.42. The number of ether oxygens (including phenoxy) is 2. The monoisotopic (exact) mass is 187 g/mol. The van der Waals surface area contributed by atoms with Crippen LogP contribution in [0, 0.1) is 0 Å². The number of nitrogens with one attached hydrogen (secondary N) is 1. The Bertz CT molecular complexity index is 130. The van der Waals surface area contributed by atoms with Crippen molar-refractivity contribution >= 4 is 0 Å². The second kappa shape index (κ2) is 6.35. The molecule has 0 aromatic carbocycles. The average molecular weight is 187 g/mol. The van der Waals surface area contributed by atoms with Crippen molar-refractivity contribution < 1.29 is 9.47 Å². The number of rotatable bonds is 5. The molecule has 0 aromatic heterocycles. The minimum atomic E-state index is 0.397. The van der Waals surface area contributed by atoms with Crippen molar-refractivity contribution in [3.63, 3.8) is 0 Å². The molecule has 0 saturated heterocycles. The molecule has 1 rings (SSSR count). The zero-order valence-corrected chi connectivity index (χ0v) is 8.71. The zero-order valence-electron chi connectivity index (χ0n) is 8.71. The molecule has 13 heavy (non-hydrogen) atoms. The quantitative estimate of drug-likeness (QED) is 0.656. The summed E-state index contributed by atoms with van der Waals surface area (Å²) < 4.78 is 10.7. The molecule has 0 bridgehead atoms. The molecule has 0 heterocycles. The maximum Gasteiger partial charge on any atom is 0.0729 e. The van der Waals surface area contributed by atoms with Gasteiger partial charge in [0, 0.05) is 13.2 Å². The lowest BCUT2D eigenvalue weighted by Gasteiger charge is -2.31. The normalized spacial score (nSPS) is 29.1. The molecule has 1 saturated carbocycles. The maximum atomic E-state index is 5.74. The fourth-order valence-corrected chi connectivity index (χ4v) is 1.91. The SMILES string of the molecule is CNC1CCCCC1OCCOC. The van der Waals surface area contributed by atoms with Crippen molar-refractivity contribution in [3.05, 3.63) is 0 Å². The summed E-state index contributed by atoms with van der Waals surface area (Å²) in [7, 11) is 3.72. The third-order valence-corrected chi connectivity index (χ3v) is 2.69. The minimum absolute atomic E-state index is 0.397. The molecular formula is C10H21NO2. The highest BCUT2D eigenvalue weighted by Gasteiger charge is 2.23. The lowest BCUT2D eigenvalue weighted by atomic mass is 9.92. The van der Waals surface area contributed by atoms with E-state index in [0.29, 0.717) is 18.8 Å². The van der Waals surface area contributed by atoms with Crippen LogP contribution in [0.2, 0.25) is 0 Å². The van der Waals surface area contributed by atoms with Crippen molar-refractivity contribution in [2.45, 2.75) is 37.8 Å². The molecular weight excluding hydrogens is 166 g/mol. The van der Waals surface area contributed by atoms with Crippen LogP contribution in [-0.4, -0.2) is 39.5 Å². The zero-order chi connectivity index (χ0) is 9.52. The summed E-state index contributed by atoms with van der Waals surface area (Å²) in [5, 5.41) is 3.32. The van der Waals surface area contributed by atoms with Crippen LogP contribution in [0.5, 0.6) is 0 Å². The number of methoxy groups -OCH3 is 1. The van der Waals surface area contributed by atoms with Gasteiger partial charge in [0.2, 0.25) is 0 Å². The van der Waals surface area contributed by atoms with E-state index in [9.17, 15) is 0 Å². The van der Waals surface area contributed by atoms with E-state index < -0.39 is 0 Å². The van der Waals surface area contributed by atoms with E-state index in [1.165, 1.54) is 25.7 Å². The molecule has 3 nitrogen and oxygen atoms in total. The Morgan fingerprint density at radius 1 is 1.23 bits per heavy atom. The van der Waals surface area contributed by atoms with Gasteiger partial charge in [0.05, 0.1) is 19.3 Å². The van der Waals surface area contributed by atoms with E-state index in [1.54, 1.807) is 7.11 Å². The molecule has 1 N–H and O–H groups in total. The van der Waals surface area contributed by atoms with Gasteiger partial charge in [-0.2, -0.15) is 0 Å². The number of hydrogen-bond donors (Lipinski definition) is 1. The van der Waals surface area contributed by atoms with Crippen LogP contribution < -0.4 is 5.32 Å². The van der Waals surface area contributed by atoms with Gasteiger partial charge in [-0.3, -0.25) is 0 Å². The van der Waals surface area contributed by atoms with Crippen molar-refractivity contribution in [1.82, 2.24) is 5.32 Å². The molecule has 0 aromatic rings. The van der Waals surface area contributed by atoms with E-state index in [0.717, 1.165) is 6.61 Å². The van der Waals surface area contributed by atoms with Gasteiger partial charge in [-0.25, -0.2) is 0 Å². The highest BCUT2D eigenvalue weighted by atomic mass is 16.5. The summed E-state index contributed by atoms with van der Waals surface area (Å²) in [5.41, 5.74) is 0. The molecule has 0 aliphatic heterocycles. The van der Waals surface area contributed by atoms with E-state index in [1.807, 2.05) is 7.05 Å². The maximum absolute atomic E-state index is 5.74. The van der Waals surface area contributed by atoms with Gasteiger partial charge in [-0.1, -0.05) is 12.8 Å². The first-order valence-electron chi connectivity index (χ1n) is 5.16. The Kier molecular flexibility index (Phi) is 5.35. The molecule has 0 spiro atoms. The third kappa shape index (κ3) is 3.63.